The van der Waals surface area contributed by atoms with Gasteiger partial charge in [-0.2, -0.15) is 0 Å². The zero-order valence-corrected chi connectivity index (χ0v) is 11.8. The van der Waals surface area contributed by atoms with Gasteiger partial charge in [0.15, 0.2) is 0 Å². The molecule has 3 nitrogen and oxygen atoms in total. The summed E-state index contributed by atoms with van der Waals surface area (Å²) in [6, 6.07) is 15.0. The smallest absolute Gasteiger partial charge is 0.346 e. The van der Waals surface area contributed by atoms with Gasteiger partial charge in [-0.15, -0.1) is 0 Å². The molecule has 2 aromatic rings. The topological polar surface area (TPSA) is 35.5 Å². The number of hydrogen-bond acceptors (Lipinski definition) is 3. The number of hydrogen-bond donors (Lipinski definition) is 0. The lowest BCUT2D eigenvalue weighted by atomic mass is 10.0. The molecule has 2 aromatic carbocycles. The number of ether oxygens (including phenoxy) is 2. The van der Waals surface area contributed by atoms with E-state index in [1.54, 1.807) is 26.0 Å². The van der Waals surface area contributed by atoms with Crippen molar-refractivity contribution in [3.8, 4) is 17.6 Å². The molecule has 3 rings (SSSR count). The Bertz CT molecular complexity index is 749. The lowest BCUT2D eigenvalue weighted by molar-refractivity contribution is -0.127. The van der Waals surface area contributed by atoms with Gasteiger partial charge < -0.3 is 9.47 Å². The Hall–Kier alpha value is -2.73. The third kappa shape index (κ3) is 2.75. The number of cyclic esters (lactones) is 1. The van der Waals surface area contributed by atoms with Crippen molar-refractivity contribution < 1.29 is 14.3 Å². The lowest BCUT2D eigenvalue weighted by Gasteiger charge is -2.31. The van der Waals surface area contributed by atoms with Crippen LogP contribution in [0.3, 0.4) is 0 Å². The molecule has 21 heavy (non-hydrogen) atoms. The summed E-state index contributed by atoms with van der Waals surface area (Å²) >= 11 is 0. The van der Waals surface area contributed by atoms with Crippen LogP contribution in [-0.2, 0) is 4.74 Å². The van der Waals surface area contributed by atoms with E-state index in [0.717, 1.165) is 5.56 Å². The number of esters is 1. The Morgan fingerprint density at radius 3 is 2.43 bits per heavy atom. The Morgan fingerprint density at radius 1 is 0.905 bits per heavy atom. The SMILES string of the molecule is CC1(C)OC(=O)c2c(C#Cc3ccccc3)cccc2O1. The molecular formula is C18H14O3. The van der Waals surface area contributed by atoms with E-state index in [-0.39, 0.29) is 0 Å². The fourth-order valence-electron chi connectivity index (χ4n) is 2.15. The molecule has 0 aromatic heterocycles. The molecule has 0 atom stereocenters. The fraction of sp³-hybridized carbons (Fsp3) is 0.167. The summed E-state index contributed by atoms with van der Waals surface area (Å²) < 4.78 is 10.9. The van der Waals surface area contributed by atoms with Crippen molar-refractivity contribution in [2.45, 2.75) is 19.6 Å². The monoisotopic (exact) mass is 278 g/mol. The van der Waals surface area contributed by atoms with Crippen LogP contribution in [0.1, 0.15) is 35.3 Å². The molecular weight excluding hydrogens is 264 g/mol. The first-order valence-corrected chi connectivity index (χ1v) is 6.68. The van der Waals surface area contributed by atoms with Crippen LogP contribution >= 0.6 is 0 Å². The zero-order chi connectivity index (χ0) is 14.9. The molecule has 0 saturated carbocycles. The van der Waals surface area contributed by atoms with Gasteiger partial charge in [0, 0.05) is 25.0 Å². The van der Waals surface area contributed by atoms with Crippen LogP contribution in [0.2, 0.25) is 0 Å². The van der Waals surface area contributed by atoms with Crippen LogP contribution in [0.5, 0.6) is 5.75 Å². The van der Waals surface area contributed by atoms with Gasteiger partial charge in [0.1, 0.15) is 11.3 Å². The van der Waals surface area contributed by atoms with Crippen molar-refractivity contribution in [1.29, 1.82) is 0 Å². The predicted molar refractivity (Wildman–Crippen MR) is 79.0 cm³/mol. The van der Waals surface area contributed by atoms with Gasteiger partial charge >= 0.3 is 5.97 Å². The number of fused-ring (bicyclic) bond motifs is 1. The largest absolute Gasteiger partial charge is 0.452 e. The van der Waals surface area contributed by atoms with Crippen LogP contribution in [0.15, 0.2) is 48.5 Å². The molecule has 0 N–H and O–H groups in total. The molecule has 0 unspecified atom stereocenters. The van der Waals surface area contributed by atoms with Crippen LogP contribution in [-0.4, -0.2) is 11.8 Å². The average Bonchev–Trinajstić information content (AvgIpc) is 2.44. The maximum atomic E-state index is 12.2. The highest BCUT2D eigenvalue weighted by Crippen LogP contribution is 2.32. The summed E-state index contributed by atoms with van der Waals surface area (Å²) in [5.74, 6) is 5.21. The molecule has 0 amide bonds. The van der Waals surface area contributed by atoms with Gasteiger partial charge in [-0.25, -0.2) is 4.79 Å². The van der Waals surface area contributed by atoms with Gasteiger partial charge in [-0.05, 0) is 24.3 Å². The average molecular weight is 278 g/mol. The third-order valence-electron chi connectivity index (χ3n) is 3.04. The summed E-state index contributed by atoms with van der Waals surface area (Å²) in [6.07, 6.45) is 0. The maximum absolute atomic E-state index is 12.2. The van der Waals surface area contributed by atoms with Gasteiger partial charge in [0.2, 0.25) is 5.79 Å². The molecule has 0 aliphatic carbocycles. The molecule has 0 spiro atoms. The molecule has 104 valence electrons. The molecule has 3 heteroatoms. The second kappa shape index (κ2) is 4.99. The predicted octanol–water partition coefficient (Wildman–Crippen LogP) is 3.37. The van der Waals surface area contributed by atoms with Crippen molar-refractivity contribution >= 4 is 5.97 Å². The first-order chi connectivity index (χ1) is 10.1. The summed E-state index contributed by atoms with van der Waals surface area (Å²) in [6.45, 7) is 3.41. The standard InChI is InChI=1S/C18H14O3/c1-18(2)20-15-10-6-9-14(16(15)17(19)21-18)12-11-13-7-4-3-5-8-13/h3-10H,1-2H3. The lowest BCUT2D eigenvalue weighted by Crippen LogP contribution is -2.39. The van der Waals surface area contributed by atoms with E-state index in [1.165, 1.54) is 0 Å². The molecule has 0 radical (unpaired) electrons. The minimum atomic E-state index is -0.949. The minimum Gasteiger partial charge on any atom is -0.452 e. The zero-order valence-electron chi connectivity index (χ0n) is 11.8. The Balaban J connectivity index is 2.03. The van der Waals surface area contributed by atoms with E-state index >= 15 is 0 Å². The summed E-state index contributed by atoms with van der Waals surface area (Å²) in [4.78, 5) is 12.2. The number of carbonyl (C=O) groups is 1. The number of rotatable bonds is 0. The van der Waals surface area contributed by atoms with E-state index in [2.05, 4.69) is 11.8 Å². The van der Waals surface area contributed by atoms with E-state index < -0.39 is 11.8 Å². The first kappa shape index (κ1) is 13.3. The Kier molecular flexibility index (Phi) is 3.15. The first-order valence-electron chi connectivity index (χ1n) is 6.68. The van der Waals surface area contributed by atoms with E-state index in [9.17, 15) is 4.79 Å². The molecule has 1 heterocycles. The van der Waals surface area contributed by atoms with Crippen LogP contribution in [0.25, 0.3) is 0 Å². The van der Waals surface area contributed by atoms with Crippen LogP contribution in [0, 0.1) is 11.8 Å². The fourth-order valence-corrected chi connectivity index (χ4v) is 2.15. The summed E-state index contributed by atoms with van der Waals surface area (Å²) in [5.41, 5.74) is 1.89. The van der Waals surface area contributed by atoms with Crippen molar-refractivity contribution in [3.63, 3.8) is 0 Å². The summed E-state index contributed by atoms with van der Waals surface area (Å²) in [5, 5.41) is 0. The van der Waals surface area contributed by atoms with Crippen molar-refractivity contribution in [2.24, 2.45) is 0 Å². The van der Waals surface area contributed by atoms with Crippen LogP contribution < -0.4 is 4.74 Å². The maximum Gasteiger partial charge on any atom is 0.346 e. The molecule has 1 aliphatic heterocycles. The molecule has 0 bridgehead atoms. The molecule has 0 saturated heterocycles. The van der Waals surface area contributed by atoms with Crippen molar-refractivity contribution in [2.75, 3.05) is 0 Å². The molecule has 0 fully saturated rings. The van der Waals surface area contributed by atoms with Crippen molar-refractivity contribution in [3.05, 3.63) is 65.2 Å². The van der Waals surface area contributed by atoms with E-state index in [1.807, 2.05) is 36.4 Å². The number of carbonyl (C=O) groups excluding carboxylic acids is 1. The Morgan fingerprint density at radius 2 is 1.67 bits per heavy atom. The highest BCUT2D eigenvalue weighted by atomic mass is 16.7. The summed E-state index contributed by atoms with van der Waals surface area (Å²) in [7, 11) is 0. The van der Waals surface area contributed by atoms with E-state index in [4.69, 9.17) is 9.47 Å². The van der Waals surface area contributed by atoms with Gasteiger partial charge in [-0.1, -0.05) is 36.1 Å². The quantitative estimate of drug-likeness (QED) is 0.547. The van der Waals surface area contributed by atoms with Crippen molar-refractivity contribution in [1.82, 2.24) is 0 Å². The van der Waals surface area contributed by atoms with Crippen LogP contribution in [0.4, 0.5) is 0 Å². The second-order valence-electron chi connectivity index (χ2n) is 5.19. The normalized spacial score (nSPS) is 15.0. The second-order valence-corrected chi connectivity index (χ2v) is 5.19. The van der Waals surface area contributed by atoms with E-state index in [0.29, 0.717) is 16.9 Å². The highest BCUT2D eigenvalue weighted by Gasteiger charge is 2.35. The number of benzene rings is 2. The Labute approximate surface area is 123 Å². The highest BCUT2D eigenvalue weighted by molar-refractivity contribution is 5.96. The minimum absolute atomic E-state index is 0.389. The molecule has 1 aliphatic rings. The van der Waals surface area contributed by atoms with Gasteiger partial charge in [0.05, 0.1) is 0 Å². The third-order valence-corrected chi connectivity index (χ3v) is 3.04. The van der Waals surface area contributed by atoms with Gasteiger partial charge in [-0.3, -0.25) is 0 Å². The van der Waals surface area contributed by atoms with Gasteiger partial charge in [0.25, 0.3) is 0 Å².